The number of hydrogen-bond donors (Lipinski definition) is 1. The summed E-state index contributed by atoms with van der Waals surface area (Å²) in [6.07, 6.45) is -2.75. The normalized spacial score (nSPS) is 14.1. The predicted octanol–water partition coefficient (Wildman–Crippen LogP) is 1.40. The van der Waals surface area contributed by atoms with Crippen LogP contribution in [-0.2, 0) is 4.79 Å². The highest BCUT2D eigenvalue weighted by atomic mass is 19.3. The number of primary amides is 1. The molecule has 1 aliphatic rings. The molecule has 0 fully saturated rings. The van der Waals surface area contributed by atoms with Gasteiger partial charge in [0.2, 0.25) is 0 Å². The molecular formula is C10H7F2N2O. The molecule has 1 aliphatic heterocycles. The number of amides is 1. The monoisotopic (exact) mass is 209 g/mol. The van der Waals surface area contributed by atoms with E-state index in [-0.39, 0.29) is 16.8 Å². The summed E-state index contributed by atoms with van der Waals surface area (Å²) in [5, 5.41) is 3.78. The van der Waals surface area contributed by atoms with Crippen LogP contribution in [0.3, 0.4) is 0 Å². The number of alkyl halides is 2. The molecule has 3 nitrogen and oxygen atoms in total. The van der Waals surface area contributed by atoms with Crippen LogP contribution < -0.4 is 11.1 Å². The minimum absolute atomic E-state index is 0.279. The second-order valence-corrected chi connectivity index (χ2v) is 3.06. The molecule has 2 N–H and O–H groups in total. The Kier molecular flexibility index (Phi) is 2.15. The fourth-order valence-corrected chi connectivity index (χ4v) is 1.52. The van der Waals surface area contributed by atoms with Gasteiger partial charge in [-0.05, 0) is 6.07 Å². The number of hydrogen-bond acceptors (Lipinski definition) is 1. The third-order valence-corrected chi connectivity index (χ3v) is 2.13. The average Bonchev–Trinajstić information content (AvgIpc) is 2.56. The molecule has 1 aromatic carbocycles. The van der Waals surface area contributed by atoms with Crippen molar-refractivity contribution in [3.05, 3.63) is 35.5 Å². The maximum atomic E-state index is 12.7. The fourth-order valence-electron chi connectivity index (χ4n) is 1.52. The van der Waals surface area contributed by atoms with Gasteiger partial charge in [0.05, 0.1) is 11.3 Å². The number of allylic oxidation sites excluding steroid dienone is 1. The number of nitrogens with zero attached hydrogens (tertiary/aromatic N) is 1. The van der Waals surface area contributed by atoms with E-state index in [1.807, 2.05) is 0 Å². The summed E-state index contributed by atoms with van der Waals surface area (Å²) >= 11 is 0. The van der Waals surface area contributed by atoms with E-state index in [1.54, 1.807) is 18.2 Å². The van der Waals surface area contributed by atoms with Crippen LogP contribution in [0.15, 0.2) is 30.0 Å². The van der Waals surface area contributed by atoms with Crippen molar-refractivity contribution in [1.82, 2.24) is 5.32 Å². The van der Waals surface area contributed by atoms with Crippen molar-refractivity contribution in [2.24, 2.45) is 5.73 Å². The van der Waals surface area contributed by atoms with E-state index in [4.69, 9.17) is 5.73 Å². The third-order valence-electron chi connectivity index (χ3n) is 2.13. The molecule has 5 heteroatoms. The van der Waals surface area contributed by atoms with Crippen molar-refractivity contribution in [2.45, 2.75) is 6.43 Å². The number of fused-ring (bicyclic) bond motifs is 1. The molecule has 0 saturated carbocycles. The lowest BCUT2D eigenvalue weighted by molar-refractivity contribution is -0.114. The molecule has 1 heterocycles. The van der Waals surface area contributed by atoms with Crippen LogP contribution in [-0.4, -0.2) is 12.3 Å². The number of benzene rings is 1. The van der Waals surface area contributed by atoms with Crippen LogP contribution >= 0.6 is 0 Å². The van der Waals surface area contributed by atoms with Crippen LogP contribution in [0.2, 0.25) is 0 Å². The molecule has 77 valence electrons. The minimum Gasteiger partial charge on any atom is -0.364 e. The van der Waals surface area contributed by atoms with Gasteiger partial charge in [0.25, 0.3) is 12.3 Å². The molecule has 0 aromatic heterocycles. The lowest BCUT2D eigenvalue weighted by atomic mass is 10.1. The predicted molar refractivity (Wildman–Crippen MR) is 50.4 cm³/mol. The Balaban J connectivity index is 2.58. The third kappa shape index (κ3) is 1.45. The summed E-state index contributed by atoms with van der Waals surface area (Å²) in [7, 11) is 0. The Morgan fingerprint density at radius 1 is 1.33 bits per heavy atom. The lowest BCUT2D eigenvalue weighted by Gasteiger charge is -2.02. The second kappa shape index (κ2) is 3.34. The first kappa shape index (κ1) is 9.64. The molecule has 0 aliphatic carbocycles. The molecule has 0 spiro atoms. The average molecular weight is 209 g/mol. The lowest BCUT2D eigenvalue weighted by Crippen LogP contribution is -2.19. The zero-order valence-electron chi connectivity index (χ0n) is 7.58. The first-order chi connectivity index (χ1) is 7.11. The smallest absolute Gasteiger partial charge is 0.267 e. The topological polar surface area (TPSA) is 57.2 Å². The number of nitrogens with two attached hydrogens (primary N) is 1. The van der Waals surface area contributed by atoms with Crippen LogP contribution in [0, 0.1) is 0 Å². The summed E-state index contributed by atoms with van der Waals surface area (Å²) < 4.78 is 25.4. The van der Waals surface area contributed by atoms with Gasteiger partial charge in [0.15, 0.2) is 0 Å². The van der Waals surface area contributed by atoms with E-state index in [0.717, 1.165) is 0 Å². The largest absolute Gasteiger partial charge is 0.364 e. The van der Waals surface area contributed by atoms with Gasteiger partial charge in [-0.2, -0.15) is 0 Å². The standard InChI is InChI=1S/C10H7F2N2O/c11-9(12)7-5-3-1-2-4-6(5)14-8(7)10(13)15/h1-4,9H,(H2,13,15). The highest BCUT2D eigenvalue weighted by molar-refractivity contribution is 6.04. The molecule has 15 heavy (non-hydrogen) atoms. The molecule has 0 saturated heterocycles. The second-order valence-electron chi connectivity index (χ2n) is 3.06. The number of rotatable bonds is 2. The number of carbonyl (C=O) groups is 1. The summed E-state index contributed by atoms with van der Waals surface area (Å²) in [6.45, 7) is 0. The van der Waals surface area contributed by atoms with Crippen molar-refractivity contribution in [3.8, 4) is 0 Å². The van der Waals surface area contributed by atoms with Gasteiger partial charge in [-0.15, -0.1) is 0 Å². The molecule has 1 amide bonds. The quantitative estimate of drug-likeness (QED) is 0.786. The number of para-hydroxylation sites is 1. The van der Waals surface area contributed by atoms with Crippen LogP contribution in [0.5, 0.6) is 0 Å². The fraction of sp³-hybridized carbons (Fsp3) is 0.100. The molecule has 1 radical (unpaired) electrons. The Morgan fingerprint density at radius 2 is 2.00 bits per heavy atom. The van der Waals surface area contributed by atoms with Gasteiger partial charge >= 0.3 is 0 Å². The Morgan fingerprint density at radius 3 is 2.60 bits per heavy atom. The van der Waals surface area contributed by atoms with Gasteiger partial charge in [0.1, 0.15) is 5.70 Å². The van der Waals surface area contributed by atoms with Gasteiger partial charge in [-0.3, -0.25) is 4.79 Å². The van der Waals surface area contributed by atoms with Crippen molar-refractivity contribution >= 4 is 17.2 Å². The highest BCUT2D eigenvalue weighted by Crippen LogP contribution is 2.37. The Labute approximate surface area is 84.6 Å². The SMILES string of the molecule is NC(=O)C1=C(C(F)F)c2ccccc2[N]1. The maximum Gasteiger partial charge on any atom is 0.267 e. The van der Waals surface area contributed by atoms with E-state index in [1.165, 1.54) is 6.07 Å². The molecular weight excluding hydrogens is 202 g/mol. The zero-order chi connectivity index (χ0) is 11.0. The van der Waals surface area contributed by atoms with Gasteiger partial charge in [-0.25, -0.2) is 14.1 Å². The van der Waals surface area contributed by atoms with E-state index in [0.29, 0.717) is 5.69 Å². The van der Waals surface area contributed by atoms with Gasteiger partial charge in [0, 0.05) is 5.56 Å². The summed E-state index contributed by atoms with van der Waals surface area (Å²) in [6, 6.07) is 6.33. The van der Waals surface area contributed by atoms with Gasteiger partial charge in [-0.1, -0.05) is 18.2 Å². The molecule has 0 bridgehead atoms. The highest BCUT2D eigenvalue weighted by Gasteiger charge is 2.31. The summed E-state index contributed by atoms with van der Waals surface area (Å²) in [5.74, 6) is -0.929. The van der Waals surface area contributed by atoms with Gasteiger partial charge < -0.3 is 5.73 Å². The Hall–Kier alpha value is -1.91. The molecule has 1 aromatic rings. The van der Waals surface area contributed by atoms with E-state index in [2.05, 4.69) is 5.32 Å². The summed E-state index contributed by atoms with van der Waals surface area (Å²) in [5.41, 5.74) is 4.90. The van der Waals surface area contributed by atoms with E-state index >= 15 is 0 Å². The summed E-state index contributed by atoms with van der Waals surface area (Å²) in [4.78, 5) is 10.9. The van der Waals surface area contributed by atoms with Crippen molar-refractivity contribution in [1.29, 1.82) is 0 Å². The van der Waals surface area contributed by atoms with Crippen molar-refractivity contribution < 1.29 is 13.6 Å². The van der Waals surface area contributed by atoms with Crippen LogP contribution in [0.1, 0.15) is 5.56 Å². The first-order valence-electron chi connectivity index (χ1n) is 4.24. The molecule has 0 atom stereocenters. The van der Waals surface area contributed by atoms with E-state index in [9.17, 15) is 13.6 Å². The van der Waals surface area contributed by atoms with Crippen molar-refractivity contribution in [2.75, 3.05) is 0 Å². The zero-order valence-corrected chi connectivity index (χ0v) is 7.58. The molecule has 0 unspecified atom stereocenters. The van der Waals surface area contributed by atoms with Crippen LogP contribution in [0.25, 0.3) is 5.57 Å². The van der Waals surface area contributed by atoms with Crippen LogP contribution in [0.4, 0.5) is 14.5 Å². The first-order valence-corrected chi connectivity index (χ1v) is 4.24. The number of halogens is 2. The Bertz CT molecular complexity index is 454. The van der Waals surface area contributed by atoms with E-state index < -0.39 is 12.3 Å². The van der Waals surface area contributed by atoms with Crippen molar-refractivity contribution in [3.63, 3.8) is 0 Å². The number of carbonyl (C=O) groups excluding carboxylic acids is 1. The molecule has 2 rings (SSSR count). The minimum atomic E-state index is -2.75. The maximum absolute atomic E-state index is 12.7.